The lowest BCUT2D eigenvalue weighted by molar-refractivity contribution is 0.645. The minimum atomic E-state index is 0.479. The summed E-state index contributed by atoms with van der Waals surface area (Å²) in [4.78, 5) is 2.05. The molecule has 2 nitrogen and oxygen atoms in total. The highest BCUT2D eigenvalue weighted by Gasteiger charge is 2.10. The van der Waals surface area contributed by atoms with Crippen molar-refractivity contribution in [2.24, 2.45) is 0 Å². The van der Waals surface area contributed by atoms with Crippen molar-refractivity contribution >= 4 is 23.0 Å². The van der Waals surface area contributed by atoms with E-state index in [9.17, 15) is 0 Å². The van der Waals surface area contributed by atoms with Crippen molar-refractivity contribution in [3.63, 3.8) is 0 Å². The normalized spacial score (nSPS) is 12.3. The Morgan fingerprint density at radius 3 is 2.65 bits per heavy atom. The fraction of sp³-hybridized carbons (Fsp3) is 0.571. The number of anilines is 2. The van der Waals surface area contributed by atoms with Crippen LogP contribution in [0.2, 0.25) is 5.02 Å². The SMILES string of the molecule is CCCCC(C)Nc1cccc(Cl)c1N(C)C. The molecule has 0 amide bonds. The van der Waals surface area contributed by atoms with Gasteiger partial charge in [0.1, 0.15) is 0 Å². The van der Waals surface area contributed by atoms with Crippen LogP contribution >= 0.6 is 11.6 Å². The molecule has 0 bridgehead atoms. The van der Waals surface area contributed by atoms with E-state index in [1.165, 1.54) is 19.3 Å². The van der Waals surface area contributed by atoms with Gasteiger partial charge in [-0.2, -0.15) is 0 Å². The van der Waals surface area contributed by atoms with Gasteiger partial charge in [-0.3, -0.25) is 0 Å². The van der Waals surface area contributed by atoms with E-state index in [0.29, 0.717) is 6.04 Å². The average molecular weight is 255 g/mol. The fourth-order valence-corrected chi connectivity index (χ4v) is 2.28. The molecule has 1 atom stereocenters. The zero-order valence-corrected chi connectivity index (χ0v) is 12.0. The molecule has 1 N–H and O–H groups in total. The highest BCUT2D eigenvalue weighted by Crippen LogP contribution is 2.33. The van der Waals surface area contributed by atoms with Crippen molar-refractivity contribution in [3.05, 3.63) is 23.2 Å². The molecule has 0 aliphatic rings. The monoisotopic (exact) mass is 254 g/mol. The number of hydrogen-bond donors (Lipinski definition) is 1. The molecule has 1 aromatic rings. The van der Waals surface area contributed by atoms with Crippen LogP contribution in [0.1, 0.15) is 33.1 Å². The van der Waals surface area contributed by atoms with Crippen molar-refractivity contribution < 1.29 is 0 Å². The molecule has 0 aliphatic carbocycles. The highest BCUT2D eigenvalue weighted by atomic mass is 35.5. The number of rotatable bonds is 6. The summed E-state index contributed by atoms with van der Waals surface area (Å²) in [6, 6.07) is 6.49. The molecule has 0 saturated heterocycles. The minimum absolute atomic E-state index is 0.479. The van der Waals surface area contributed by atoms with E-state index in [1.54, 1.807) is 0 Å². The predicted molar refractivity (Wildman–Crippen MR) is 78.4 cm³/mol. The lowest BCUT2D eigenvalue weighted by atomic mass is 10.1. The molecule has 0 spiro atoms. The Morgan fingerprint density at radius 2 is 2.06 bits per heavy atom. The van der Waals surface area contributed by atoms with Gasteiger partial charge in [0.25, 0.3) is 0 Å². The van der Waals surface area contributed by atoms with Crippen LogP contribution in [-0.2, 0) is 0 Å². The minimum Gasteiger partial charge on any atom is -0.381 e. The molecule has 0 heterocycles. The van der Waals surface area contributed by atoms with Crippen LogP contribution in [0, 0.1) is 0 Å². The molecule has 0 radical (unpaired) electrons. The third-order valence-electron chi connectivity index (χ3n) is 2.83. The van der Waals surface area contributed by atoms with Crippen LogP contribution in [0.5, 0.6) is 0 Å². The molecular formula is C14H23ClN2. The molecule has 0 aliphatic heterocycles. The second-order valence-electron chi connectivity index (χ2n) is 4.72. The first-order chi connectivity index (χ1) is 8.06. The number of unbranched alkanes of at least 4 members (excludes halogenated alkanes) is 1. The Bertz CT molecular complexity index is 350. The Morgan fingerprint density at radius 1 is 1.35 bits per heavy atom. The third kappa shape index (κ3) is 4.12. The van der Waals surface area contributed by atoms with Gasteiger partial charge in [0, 0.05) is 20.1 Å². The number of halogens is 1. The van der Waals surface area contributed by atoms with E-state index < -0.39 is 0 Å². The Kier molecular flexibility index (Phi) is 5.63. The lowest BCUT2D eigenvalue weighted by Gasteiger charge is -2.23. The van der Waals surface area contributed by atoms with Crippen LogP contribution < -0.4 is 10.2 Å². The van der Waals surface area contributed by atoms with Crippen LogP contribution in [0.25, 0.3) is 0 Å². The van der Waals surface area contributed by atoms with Gasteiger partial charge in [-0.25, -0.2) is 0 Å². The van der Waals surface area contributed by atoms with Gasteiger partial charge in [0.15, 0.2) is 0 Å². The Balaban J connectivity index is 2.79. The Hall–Kier alpha value is -0.890. The highest BCUT2D eigenvalue weighted by molar-refractivity contribution is 6.34. The molecule has 0 aromatic heterocycles. The van der Waals surface area contributed by atoms with Gasteiger partial charge in [0.2, 0.25) is 0 Å². The fourth-order valence-electron chi connectivity index (χ4n) is 1.93. The lowest BCUT2D eigenvalue weighted by Crippen LogP contribution is -2.18. The van der Waals surface area contributed by atoms with Crippen LogP contribution in [-0.4, -0.2) is 20.1 Å². The summed E-state index contributed by atoms with van der Waals surface area (Å²) in [5.41, 5.74) is 2.18. The maximum absolute atomic E-state index is 6.23. The first kappa shape index (κ1) is 14.2. The van der Waals surface area contributed by atoms with E-state index >= 15 is 0 Å². The largest absolute Gasteiger partial charge is 0.381 e. The summed E-state index contributed by atoms with van der Waals surface area (Å²) >= 11 is 6.23. The summed E-state index contributed by atoms with van der Waals surface area (Å²) in [5.74, 6) is 0. The molecule has 1 aromatic carbocycles. The molecule has 1 unspecified atom stereocenters. The zero-order valence-electron chi connectivity index (χ0n) is 11.3. The Labute approximate surface area is 110 Å². The van der Waals surface area contributed by atoms with Crippen molar-refractivity contribution in [2.75, 3.05) is 24.3 Å². The van der Waals surface area contributed by atoms with Crippen molar-refractivity contribution in [3.8, 4) is 0 Å². The number of hydrogen-bond acceptors (Lipinski definition) is 2. The maximum atomic E-state index is 6.23. The van der Waals surface area contributed by atoms with E-state index in [-0.39, 0.29) is 0 Å². The molecule has 1 rings (SSSR count). The summed E-state index contributed by atoms with van der Waals surface area (Å²) in [7, 11) is 4.03. The van der Waals surface area contributed by atoms with Crippen molar-refractivity contribution in [1.29, 1.82) is 0 Å². The zero-order chi connectivity index (χ0) is 12.8. The van der Waals surface area contributed by atoms with E-state index in [2.05, 4.69) is 30.1 Å². The van der Waals surface area contributed by atoms with E-state index in [0.717, 1.165) is 16.4 Å². The number of nitrogens with one attached hydrogen (secondary N) is 1. The van der Waals surface area contributed by atoms with Gasteiger partial charge in [0.05, 0.1) is 16.4 Å². The second kappa shape index (κ2) is 6.75. The van der Waals surface area contributed by atoms with Gasteiger partial charge in [-0.05, 0) is 25.5 Å². The van der Waals surface area contributed by atoms with E-state index in [4.69, 9.17) is 11.6 Å². The maximum Gasteiger partial charge on any atom is 0.0786 e. The smallest absolute Gasteiger partial charge is 0.0786 e. The van der Waals surface area contributed by atoms with Crippen LogP contribution in [0.4, 0.5) is 11.4 Å². The first-order valence-corrected chi connectivity index (χ1v) is 6.66. The number of benzene rings is 1. The quantitative estimate of drug-likeness (QED) is 0.810. The number of nitrogens with zero attached hydrogens (tertiary/aromatic N) is 1. The van der Waals surface area contributed by atoms with Gasteiger partial charge in [-0.1, -0.05) is 37.4 Å². The van der Waals surface area contributed by atoms with Crippen LogP contribution in [0.15, 0.2) is 18.2 Å². The first-order valence-electron chi connectivity index (χ1n) is 6.28. The number of para-hydroxylation sites is 1. The molecule has 96 valence electrons. The summed E-state index contributed by atoms with van der Waals surface area (Å²) < 4.78 is 0. The standard InChI is InChI=1S/C14H23ClN2/c1-5-6-8-11(2)16-13-10-7-9-12(15)14(13)17(3)4/h7,9-11,16H,5-6,8H2,1-4H3. The summed E-state index contributed by atoms with van der Waals surface area (Å²) in [6.45, 7) is 4.44. The average Bonchev–Trinajstić information content (AvgIpc) is 2.25. The molecular weight excluding hydrogens is 232 g/mol. The van der Waals surface area contributed by atoms with E-state index in [1.807, 2.05) is 26.2 Å². The summed E-state index contributed by atoms with van der Waals surface area (Å²) in [5, 5.41) is 4.34. The molecule has 3 heteroatoms. The summed E-state index contributed by atoms with van der Waals surface area (Å²) in [6.07, 6.45) is 3.68. The molecule has 17 heavy (non-hydrogen) atoms. The predicted octanol–water partition coefficient (Wildman–Crippen LogP) is 4.40. The topological polar surface area (TPSA) is 15.3 Å². The van der Waals surface area contributed by atoms with Crippen molar-refractivity contribution in [2.45, 2.75) is 39.2 Å². The second-order valence-corrected chi connectivity index (χ2v) is 5.13. The van der Waals surface area contributed by atoms with Crippen molar-refractivity contribution in [1.82, 2.24) is 0 Å². The van der Waals surface area contributed by atoms with Gasteiger partial charge < -0.3 is 10.2 Å². The van der Waals surface area contributed by atoms with Gasteiger partial charge in [-0.15, -0.1) is 0 Å². The van der Waals surface area contributed by atoms with Crippen LogP contribution in [0.3, 0.4) is 0 Å². The third-order valence-corrected chi connectivity index (χ3v) is 3.13. The molecule has 0 fully saturated rings. The molecule has 0 saturated carbocycles. The van der Waals surface area contributed by atoms with Gasteiger partial charge >= 0.3 is 0 Å².